The number of likely N-dealkylation sites (tertiary alicyclic amines) is 1. The number of aliphatic hydroxyl groups is 1. The number of aliphatic hydroxyl groups excluding tert-OH is 1. The maximum absolute atomic E-state index is 9.90. The van der Waals surface area contributed by atoms with Crippen molar-refractivity contribution in [2.75, 3.05) is 39.9 Å². The summed E-state index contributed by atoms with van der Waals surface area (Å²) >= 11 is 0. The van der Waals surface area contributed by atoms with E-state index >= 15 is 0 Å². The van der Waals surface area contributed by atoms with Gasteiger partial charge in [-0.15, -0.1) is 0 Å². The normalized spacial score (nSPS) is 38.1. The molecule has 3 aliphatic rings. The second-order valence-corrected chi connectivity index (χ2v) is 6.66. The van der Waals surface area contributed by atoms with E-state index in [1.165, 1.54) is 12.8 Å². The highest BCUT2D eigenvalue weighted by atomic mass is 16.5. The number of hydrogen-bond acceptors (Lipinski definition) is 3. The molecule has 0 aromatic heterocycles. The van der Waals surface area contributed by atoms with E-state index in [4.69, 9.17) is 4.74 Å². The lowest BCUT2D eigenvalue weighted by Crippen LogP contribution is -2.44. The number of rotatable bonds is 2. The third kappa shape index (κ3) is 2.79. The first-order valence-corrected chi connectivity index (χ1v) is 7.94. The fraction of sp³-hybridized carbons (Fsp3) is 0.933. The van der Waals surface area contributed by atoms with Crippen molar-refractivity contribution in [1.82, 2.24) is 10.2 Å². The summed E-state index contributed by atoms with van der Waals surface area (Å²) in [6.45, 7) is 4.78. The summed E-state index contributed by atoms with van der Waals surface area (Å²) in [7, 11) is 1.85. The fourth-order valence-electron chi connectivity index (χ4n) is 3.90. The lowest BCUT2D eigenvalue weighted by atomic mass is 9.87. The first-order valence-electron chi connectivity index (χ1n) is 7.94. The average molecular weight is 281 g/mol. The van der Waals surface area contributed by atoms with E-state index in [9.17, 15) is 5.11 Å². The molecule has 0 bridgehead atoms. The van der Waals surface area contributed by atoms with Crippen LogP contribution in [0.3, 0.4) is 0 Å². The minimum absolute atomic E-state index is 0.131. The summed E-state index contributed by atoms with van der Waals surface area (Å²) in [5, 5.41) is 13.4. The summed E-state index contributed by atoms with van der Waals surface area (Å²) in [4.78, 5) is 6.78. The molecule has 20 heavy (non-hydrogen) atoms. The van der Waals surface area contributed by atoms with Crippen LogP contribution >= 0.6 is 0 Å². The van der Waals surface area contributed by atoms with Gasteiger partial charge >= 0.3 is 0 Å². The summed E-state index contributed by atoms with van der Waals surface area (Å²) in [5.74, 6) is 1.38. The second kappa shape index (κ2) is 5.90. The maximum atomic E-state index is 9.90. The van der Waals surface area contributed by atoms with Gasteiger partial charge in [-0.25, -0.2) is 0 Å². The summed E-state index contributed by atoms with van der Waals surface area (Å²) in [5.41, 5.74) is 0.366. The van der Waals surface area contributed by atoms with Crippen molar-refractivity contribution < 1.29 is 9.84 Å². The molecule has 3 rings (SSSR count). The third-order valence-corrected chi connectivity index (χ3v) is 5.28. The van der Waals surface area contributed by atoms with Gasteiger partial charge in [0.15, 0.2) is 5.96 Å². The molecule has 2 aliphatic heterocycles. The number of nitrogens with zero attached hydrogens (tertiary/aromatic N) is 2. The number of nitrogens with one attached hydrogen (secondary N) is 1. The molecule has 2 N–H and O–H groups in total. The molecule has 1 saturated carbocycles. The predicted octanol–water partition coefficient (Wildman–Crippen LogP) is 0.835. The Morgan fingerprint density at radius 3 is 3.00 bits per heavy atom. The van der Waals surface area contributed by atoms with Crippen molar-refractivity contribution in [2.24, 2.45) is 16.3 Å². The Balaban J connectivity index is 1.52. The Morgan fingerprint density at radius 2 is 2.35 bits per heavy atom. The SMILES string of the molecule is CN=C(NCC1CCCC1O)N1CCC2(CCOC2)C1. The van der Waals surface area contributed by atoms with Crippen molar-refractivity contribution in [3.8, 4) is 0 Å². The topological polar surface area (TPSA) is 57.1 Å². The standard InChI is InChI=1S/C15H27N3O2/c1-16-14(17-9-12-3-2-4-13(12)19)18-7-5-15(10-18)6-8-20-11-15/h12-13,19H,2-11H2,1H3,(H,16,17). The molecule has 5 heteroatoms. The van der Waals surface area contributed by atoms with Crippen LogP contribution in [0.5, 0.6) is 0 Å². The molecule has 3 unspecified atom stereocenters. The highest BCUT2D eigenvalue weighted by Gasteiger charge is 2.42. The van der Waals surface area contributed by atoms with E-state index in [-0.39, 0.29) is 6.10 Å². The largest absolute Gasteiger partial charge is 0.393 e. The van der Waals surface area contributed by atoms with Crippen LogP contribution in [0.2, 0.25) is 0 Å². The molecule has 2 saturated heterocycles. The minimum atomic E-state index is -0.131. The summed E-state index contributed by atoms with van der Waals surface area (Å²) in [6, 6.07) is 0. The lowest BCUT2D eigenvalue weighted by molar-refractivity contribution is 0.133. The van der Waals surface area contributed by atoms with Gasteiger partial charge in [0.25, 0.3) is 0 Å². The van der Waals surface area contributed by atoms with Crippen molar-refractivity contribution in [3.05, 3.63) is 0 Å². The Kier molecular flexibility index (Phi) is 4.17. The zero-order valence-electron chi connectivity index (χ0n) is 12.5. The fourth-order valence-corrected chi connectivity index (χ4v) is 3.90. The zero-order chi connectivity index (χ0) is 14.0. The third-order valence-electron chi connectivity index (χ3n) is 5.28. The van der Waals surface area contributed by atoms with Crippen LogP contribution in [0.4, 0.5) is 0 Å². The van der Waals surface area contributed by atoms with Crippen LogP contribution in [-0.2, 0) is 4.74 Å². The van der Waals surface area contributed by atoms with Gasteiger partial charge < -0.3 is 20.1 Å². The van der Waals surface area contributed by atoms with Gasteiger partial charge in [0.05, 0.1) is 12.7 Å². The van der Waals surface area contributed by atoms with E-state index in [1.807, 2.05) is 7.05 Å². The monoisotopic (exact) mass is 281 g/mol. The van der Waals surface area contributed by atoms with Crippen molar-refractivity contribution in [3.63, 3.8) is 0 Å². The smallest absolute Gasteiger partial charge is 0.193 e. The molecule has 1 spiro atoms. The molecular weight excluding hydrogens is 254 g/mol. The van der Waals surface area contributed by atoms with Crippen LogP contribution in [0.1, 0.15) is 32.1 Å². The second-order valence-electron chi connectivity index (χ2n) is 6.66. The van der Waals surface area contributed by atoms with Crippen LogP contribution in [0.25, 0.3) is 0 Å². The molecule has 0 aromatic carbocycles. The molecule has 2 heterocycles. The number of ether oxygens (including phenoxy) is 1. The van der Waals surface area contributed by atoms with Gasteiger partial charge in [-0.3, -0.25) is 4.99 Å². The lowest BCUT2D eigenvalue weighted by Gasteiger charge is -2.26. The van der Waals surface area contributed by atoms with Gasteiger partial charge in [0, 0.05) is 44.6 Å². The number of aliphatic imine (C=N–C) groups is 1. The van der Waals surface area contributed by atoms with E-state index in [0.717, 1.165) is 58.1 Å². The molecule has 5 nitrogen and oxygen atoms in total. The Morgan fingerprint density at radius 1 is 1.45 bits per heavy atom. The summed E-state index contributed by atoms with van der Waals surface area (Å²) < 4.78 is 5.58. The molecule has 1 aliphatic carbocycles. The maximum Gasteiger partial charge on any atom is 0.193 e. The Labute approximate surface area is 121 Å². The van der Waals surface area contributed by atoms with Crippen molar-refractivity contribution in [1.29, 1.82) is 0 Å². The van der Waals surface area contributed by atoms with Gasteiger partial charge in [-0.2, -0.15) is 0 Å². The van der Waals surface area contributed by atoms with Gasteiger partial charge in [0.2, 0.25) is 0 Å². The average Bonchev–Trinajstić information content (AvgIpc) is 3.16. The number of hydrogen-bond donors (Lipinski definition) is 2. The van der Waals surface area contributed by atoms with Gasteiger partial charge in [-0.05, 0) is 25.7 Å². The predicted molar refractivity (Wildman–Crippen MR) is 78.8 cm³/mol. The number of guanidine groups is 1. The Hall–Kier alpha value is -0.810. The molecule has 3 fully saturated rings. The first kappa shape index (κ1) is 14.1. The van der Waals surface area contributed by atoms with Crippen LogP contribution in [-0.4, -0.2) is 62.0 Å². The van der Waals surface area contributed by atoms with Crippen LogP contribution in [0.15, 0.2) is 4.99 Å². The summed E-state index contributed by atoms with van der Waals surface area (Å²) in [6.07, 6.45) is 5.49. The zero-order valence-corrected chi connectivity index (χ0v) is 12.5. The Bertz CT molecular complexity index is 366. The van der Waals surface area contributed by atoms with Crippen molar-refractivity contribution >= 4 is 5.96 Å². The first-order chi connectivity index (χ1) is 9.72. The van der Waals surface area contributed by atoms with Crippen molar-refractivity contribution in [2.45, 2.75) is 38.2 Å². The molecule has 0 aromatic rings. The van der Waals surface area contributed by atoms with Gasteiger partial charge in [-0.1, -0.05) is 6.42 Å². The van der Waals surface area contributed by atoms with Crippen LogP contribution < -0.4 is 5.32 Å². The van der Waals surface area contributed by atoms with E-state index < -0.39 is 0 Å². The quantitative estimate of drug-likeness (QED) is 0.581. The molecule has 3 atom stereocenters. The molecule has 114 valence electrons. The van der Waals surface area contributed by atoms with E-state index in [0.29, 0.717) is 11.3 Å². The van der Waals surface area contributed by atoms with Crippen LogP contribution in [0, 0.1) is 11.3 Å². The van der Waals surface area contributed by atoms with E-state index in [2.05, 4.69) is 15.2 Å². The molecular formula is C15H27N3O2. The highest BCUT2D eigenvalue weighted by molar-refractivity contribution is 5.80. The minimum Gasteiger partial charge on any atom is -0.393 e. The molecule has 0 radical (unpaired) electrons. The molecule has 0 amide bonds. The van der Waals surface area contributed by atoms with Gasteiger partial charge in [0.1, 0.15) is 0 Å². The highest BCUT2D eigenvalue weighted by Crippen LogP contribution is 2.38. The van der Waals surface area contributed by atoms with E-state index in [1.54, 1.807) is 0 Å².